The molecule has 1 atom stereocenters. The second-order valence-electron chi connectivity index (χ2n) is 5.60. The molecule has 1 unspecified atom stereocenters. The number of nitrogens with zero attached hydrogens (tertiary/aromatic N) is 2. The number of hydrogen-bond acceptors (Lipinski definition) is 5. The predicted molar refractivity (Wildman–Crippen MR) is 101 cm³/mol. The maximum atomic E-state index is 12.2. The summed E-state index contributed by atoms with van der Waals surface area (Å²) >= 11 is 1.40. The van der Waals surface area contributed by atoms with Crippen molar-refractivity contribution >= 4 is 39.8 Å². The summed E-state index contributed by atoms with van der Waals surface area (Å²) in [6.45, 7) is 0. The van der Waals surface area contributed by atoms with E-state index in [0.29, 0.717) is 17.3 Å². The zero-order chi connectivity index (χ0) is 17.1. The fourth-order valence-corrected chi connectivity index (χ4v) is 3.71. The van der Waals surface area contributed by atoms with Crippen molar-refractivity contribution in [3.05, 3.63) is 72.2 Å². The van der Waals surface area contributed by atoms with Crippen LogP contribution in [0.4, 0.5) is 0 Å². The number of carbonyl (C=O) groups excluding carboxylic acids is 1. The average Bonchev–Trinajstić information content (AvgIpc) is 3.26. The third-order valence-corrected chi connectivity index (χ3v) is 5.01. The molecule has 0 bridgehead atoms. The summed E-state index contributed by atoms with van der Waals surface area (Å²) in [4.78, 5) is 12.2. The van der Waals surface area contributed by atoms with Crippen molar-refractivity contribution in [2.24, 2.45) is 10.2 Å². The smallest absolute Gasteiger partial charge is 0.239 e. The molecule has 4 rings (SSSR count). The molecule has 1 aromatic heterocycles. The van der Waals surface area contributed by atoms with E-state index in [4.69, 9.17) is 4.42 Å². The summed E-state index contributed by atoms with van der Waals surface area (Å²) in [7, 11) is 0. The van der Waals surface area contributed by atoms with Crippen LogP contribution in [-0.4, -0.2) is 22.5 Å². The molecule has 0 saturated carbocycles. The van der Waals surface area contributed by atoms with Gasteiger partial charge in [-0.2, -0.15) is 5.10 Å². The van der Waals surface area contributed by atoms with Crippen LogP contribution in [0.1, 0.15) is 11.3 Å². The Balaban J connectivity index is 1.49. The lowest BCUT2D eigenvalue weighted by Gasteiger charge is -2.09. The highest BCUT2D eigenvalue weighted by Crippen LogP contribution is 2.27. The van der Waals surface area contributed by atoms with Crippen LogP contribution in [0.3, 0.4) is 0 Å². The second kappa shape index (κ2) is 6.94. The van der Waals surface area contributed by atoms with Gasteiger partial charge in [0.2, 0.25) is 5.91 Å². The number of nitrogens with one attached hydrogen (secondary N) is 1. The summed E-state index contributed by atoms with van der Waals surface area (Å²) in [6, 6.07) is 17.9. The van der Waals surface area contributed by atoms with Crippen LogP contribution in [0.2, 0.25) is 0 Å². The highest BCUT2D eigenvalue weighted by Gasteiger charge is 2.30. The van der Waals surface area contributed by atoms with Crippen molar-refractivity contribution in [3.8, 4) is 0 Å². The van der Waals surface area contributed by atoms with E-state index in [1.165, 1.54) is 28.7 Å². The Kier molecular flexibility index (Phi) is 4.35. The SMILES string of the molecule is O=C1N/C(=N\N=C\c2ccco2)SC1Cc1cccc2ccccc12. The van der Waals surface area contributed by atoms with Gasteiger partial charge in [0.05, 0.1) is 17.7 Å². The molecule has 5 nitrogen and oxygen atoms in total. The second-order valence-corrected chi connectivity index (χ2v) is 6.79. The van der Waals surface area contributed by atoms with Crippen molar-refractivity contribution < 1.29 is 9.21 Å². The summed E-state index contributed by atoms with van der Waals surface area (Å²) in [6.07, 6.45) is 3.73. The lowest BCUT2D eigenvalue weighted by Crippen LogP contribution is -2.26. The molecule has 1 N–H and O–H groups in total. The molecule has 25 heavy (non-hydrogen) atoms. The maximum Gasteiger partial charge on any atom is 0.239 e. The van der Waals surface area contributed by atoms with Crippen molar-refractivity contribution in [2.75, 3.05) is 0 Å². The van der Waals surface area contributed by atoms with E-state index in [0.717, 1.165) is 5.56 Å². The minimum absolute atomic E-state index is 0.0371. The monoisotopic (exact) mass is 349 g/mol. The summed E-state index contributed by atoms with van der Waals surface area (Å²) in [5.74, 6) is 0.580. The number of furan rings is 1. The molecular weight excluding hydrogens is 334 g/mol. The molecular formula is C19H15N3O2S. The topological polar surface area (TPSA) is 67.0 Å². The van der Waals surface area contributed by atoms with Gasteiger partial charge in [-0.25, -0.2) is 0 Å². The van der Waals surface area contributed by atoms with Crippen molar-refractivity contribution in [1.29, 1.82) is 0 Å². The summed E-state index contributed by atoms with van der Waals surface area (Å²) < 4.78 is 5.15. The Bertz CT molecular complexity index is 958. The number of rotatable bonds is 4. The first-order chi connectivity index (χ1) is 12.3. The maximum absolute atomic E-state index is 12.2. The number of amides is 1. The first kappa shape index (κ1) is 15.7. The number of thioether (sulfide) groups is 1. The fourth-order valence-electron chi connectivity index (χ4n) is 2.76. The van der Waals surface area contributed by atoms with Gasteiger partial charge in [0, 0.05) is 0 Å². The van der Waals surface area contributed by atoms with Crippen LogP contribution in [0.5, 0.6) is 0 Å². The highest BCUT2D eigenvalue weighted by atomic mass is 32.2. The molecule has 1 fully saturated rings. The van der Waals surface area contributed by atoms with Crippen molar-refractivity contribution in [1.82, 2.24) is 5.32 Å². The molecule has 0 radical (unpaired) electrons. The van der Waals surface area contributed by atoms with Crippen LogP contribution in [0, 0.1) is 0 Å². The highest BCUT2D eigenvalue weighted by molar-refractivity contribution is 8.15. The van der Waals surface area contributed by atoms with Crippen LogP contribution in [0.15, 0.2) is 75.5 Å². The van der Waals surface area contributed by atoms with Gasteiger partial charge in [0.1, 0.15) is 5.76 Å². The summed E-state index contributed by atoms with van der Waals surface area (Å²) in [5.41, 5.74) is 1.16. The number of hydrogen-bond donors (Lipinski definition) is 1. The van der Waals surface area contributed by atoms with Gasteiger partial charge in [-0.3, -0.25) is 4.79 Å². The minimum Gasteiger partial charge on any atom is -0.463 e. The van der Waals surface area contributed by atoms with Gasteiger partial charge in [0.15, 0.2) is 5.17 Å². The Labute approximate surface area is 148 Å². The van der Waals surface area contributed by atoms with Crippen LogP contribution >= 0.6 is 11.8 Å². The first-order valence-electron chi connectivity index (χ1n) is 7.88. The van der Waals surface area contributed by atoms with Gasteiger partial charge in [0.25, 0.3) is 0 Å². The Morgan fingerprint density at radius 1 is 1.12 bits per heavy atom. The molecule has 1 aliphatic rings. The number of fused-ring (bicyclic) bond motifs is 1. The largest absolute Gasteiger partial charge is 0.463 e. The predicted octanol–water partition coefficient (Wildman–Crippen LogP) is 3.60. The van der Waals surface area contributed by atoms with Gasteiger partial charge in [-0.15, -0.1) is 5.10 Å². The van der Waals surface area contributed by atoms with Crippen LogP contribution in [-0.2, 0) is 11.2 Å². The molecule has 6 heteroatoms. The van der Waals surface area contributed by atoms with E-state index in [1.807, 2.05) is 18.2 Å². The number of amidine groups is 1. The Hall–Kier alpha value is -2.86. The molecule has 2 heterocycles. The molecule has 0 spiro atoms. The van der Waals surface area contributed by atoms with E-state index in [9.17, 15) is 4.79 Å². The molecule has 1 aliphatic heterocycles. The quantitative estimate of drug-likeness (QED) is 0.578. The van der Waals surface area contributed by atoms with E-state index >= 15 is 0 Å². The lowest BCUT2D eigenvalue weighted by atomic mass is 10.0. The van der Waals surface area contributed by atoms with Gasteiger partial charge in [-0.05, 0) is 34.9 Å². The Morgan fingerprint density at radius 3 is 2.88 bits per heavy atom. The first-order valence-corrected chi connectivity index (χ1v) is 8.76. The summed E-state index contributed by atoms with van der Waals surface area (Å²) in [5, 5.41) is 13.5. The number of carbonyl (C=O) groups is 1. The third-order valence-electron chi connectivity index (χ3n) is 3.94. The van der Waals surface area contributed by atoms with Crippen LogP contribution in [0.25, 0.3) is 10.8 Å². The fraction of sp³-hybridized carbons (Fsp3) is 0.105. The normalized spacial score (nSPS) is 19.1. The van der Waals surface area contributed by atoms with Gasteiger partial charge < -0.3 is 9.73 Å². The number of benzene rings is 2. The third kappa shape index (κ3) is 3.49. The lowest BCUT2D eigenvalue weighted by molar-refractivity contribution is -0.118. The van der Waals surface area contributed by atoms with Gasteiger partial charge >= 0.3 is 0 Å². The van der Waals surface area contributed by atoms with Crippen LogP contribution < -0.4 is 5.32 Å². The van der Waals surface area contributed by atoms with Crippen molar-refractivity contribution in [2.45, 2.75) is 11.7 Å². The molecule has 124 valence electrons. The van der Waals surface area contributed by atoms with E-state index < -0.39 is 0 Å². The molecule has 0 aliphatic carbocycles. The van der Waals surface area contributed by atoms with Crippen molar-refractivity contribution in [3.63, 3.8) is 0 Å². The van der Waals surface area contributed by atoms with Gasteiger partial charge in [-0.1, -0.05) is 54.2 Å². The van der Waals surface area contributed by atoms with E-state index in [1.54, 1.807) is 18.4 Å². The average molecular weight is 349 g/mol. The zero-order valence-electron chi connectivity index (χ0n) is 13.3. The molecule has 2 aromatic carbocycles. The van der Waals surface area contributed by atoms with E-state index in [2.05, 4.69) is 39.8 Å². The van der Waals surface area contributed by atoms with E-state index in [-0.39, 0.29) is 11.2 Å². The minimum atomic E-state index is -0.205. The molecule has 1 saturated heterocycles. The molecule has 3 aromatic rings. The zero-order valence-corrected chi connectivity index (χ0v) is 14.1. The Morgan fingerprint density at radius 2 is 2.00 bits per heavy atom. The standard InChI is InChI=1S/C19H15N3O2S/c23-18-17(11-14-7-3-6-13-5-1-2-9-16(13)14)25-19(21-18)22-20-12-15-8-4-10-24-15/h1-10,12,17H,11H2,(H,21,22,23)/b20-12+. The molecule has 1 amide bonds.